The van der Waals surface area contributed by atoms with Gasteiger partial charge in [0.1, 0.15) is 18.2 Å². The fraction of sp³-hybridized carbons (Fsp3) is 0.533. The Balaban J connectivity index is 1.99. The zero-order chi connectivity index (χ0) is 14.8. The van der Waals surface area contributed by atoms with Crippen molar-refractivity contribution in [2.75, 3.05) is 19.7 Å². The quantitative estimate of drug-likeness (QED) is 0.648. The number of benzene rings is 1. The zero-order valence-corrected chi connectivity index (χ0v) is 11.8. The van der Waals surface area contributed by atoms with Gasteiger partial charge in [0.05, 0.1) is 0 Å². The molecule has 0 fully saturated rings. The second kappa shape index (κ2) is 9.31. The smallest absolute Gasteiger partial charge is 0.303 e. The number of hydrogen-bond acceptors (Lipinski definition) is 3. The fourth-order valence-corrected chi connectivity index (χ4v) is 1.76. The topological polar surface area (TPSA) is 58.6 Å². The van der Waals surface area contributed by atoms with Crippen molar-refractivity contribution in [3.63, 3.8) is 0 Å². The molecule has 0 aliphatic heterocycles. The van der Waals surface area contributed by atoms with Crippen molar-refractivity contribution in [2.45, 2.75) is 26.2 Å². The van der Waals surface area contributed by atoms with Crippen LogP contribution in [0, 0.1) is 11.7 Å². The van der Waals surface area contributed by atoms with E-state index in [4.69, 9.17) is 9.84 Å². The van der Waals surface area contributed by atoms with E-state index in [1.165, 1.54) is 12.1 Å². The van der Waals surface area contributed by atoms with Gasteiger partial charge in [0.25, 0.3) is 0 Å². The Morgan fingerprint density at radius 3 is 2.65 bits per heavy atom. The lowest BCUT2D eigenvalue weighted by Gasteiger charge is -2.11. The van der Waals surface area contributed by atoms with Gasteiger partial charge in [-0.3, -0.25) is 4.79 Å². The largest absolute Gasteiger partial charge is 0.492 e. The molecule has 0 aromatic heterocycles. The van der Waals surface area contributed by atoms with Gasteiger partial charge in [-0.25, -0.2) is 4.39 Å². The summed E-state index contributed by atoms with van der Waals surface area (Å²) in [7, 11) is 0. The number of carboxylic acid groups (broad SMARTS) is 1. The number of rotatable bonds is 10. The molecule has 0 heterocycles. The van der Waals surface area contributed by atoms with Gasteiger partial charge in [0.2, 0.25) is 0 Å². The Morgan fingerprint density at radius 1 is 1.30 bits per heavy atom. The molecule has 1 aromatic carbocycles. The molecule has 0 amide bonds. The molecule has 2 N–H and O–H groups in total. The van der Waals surface area contributed by atoms with Crippen LogP contribution in [0.2, 0.25) is 0 Å². The van der Waals surface area contributed by atoms with Crippen LogP contribution in [0.3, 0.4) is 0 Å². The van der Waals surface area contributed by atoms with E-state index in [0.717, 1.165) is 13.0 Å². The summed E-state index contributed by atoms with van der Waals surface area (Å²) >= 11 is 0. The standard InChI is InChI=1S/C15H22FNO3/c1-12(2-7-15(18)19)8-9-17-10-11-20-14-5-3-13(16)4-6-14/h3-6,12,17H,2,7-11H2,1H3,(H,18,19). The van der Waals surface area contributed by atoms with Crippen LogP contribution in [-0.4, -0.2) is 30.8 Å². The molecular weight excluding hydrogens is 261 g/mol. The third-order valence-electron chi connectivity index (χ3n) is 3.03. The highest BCUT2D eigenvalue weighted by molar-refractivity contribution is 5.66. The Bertz CT molecular complexity index is 395. The molecule has 112 valence electrons. The SMILES string of the molecule is CC(CCNCCOc1ccc(F)cc1)CCC(=O)O. The number of aliphatic carboxylic acids is 1. The van der Waals surface area contributed by atoms with Gasteiger partial charge in [0.15, 0.2) is 0 Å². The lowest BCUT2D eigenvalue weighted by atomic mass is 10.0. The molecule has 1 atom stereocenters. The summed E-state index contributed by atoms with van der Waals surface area (Å²) in [4.78, 5) is 10.4. The number of carboxylic acids is 1. The first-order chi connectivity index (χ1) is 9.58. The van der Waals surface area contributed by atoms with Gasteiger partial charge in [-0.1, -0.05) is 6.92 Å². The van der Waals surface area contributed by atoms with Gasteiger partial charge < -0.3 is 15.2 Å². The molecule has 0 saturated heterocycles. The summed E-state index contributed by atoms with van der Waals surface area (Å²) in [6.45, 7) is 4.13. The number of carbonyl (C=O) groups is 1. The molecular formula is C15H22FNO3. The van der Waals surface area contributed by atoms with E-state index in [1.54, 1.807) is 12.1 Å². The van der Waals surface area contributed by atoms with E-state index in [2.05, 4.69) is 12.2 Å². The lowest BCUT2D eigenvalue weighted by molar-refractivity contribution is -0.137. The van der Waals surface area contributed by atoms with E-state index in [0.29, 0.717) is 31.2 Å². The maximum atomic E-state index is 12.7. The minimum absolute atomic E-state index is 0.231. The molecule has 0 aliphatic rings. The molecule has 0 spiro atoms. The maximum Gasteiger partial charge on any atom is 0.303 e. The van der Waals surface area contributed by atoms with Gasteiger partial charge in [0, 0.05) is 13.0 Å². The predicted molar refractivity (Wildman–Crippen MR) is 75.4 cm³/mol. The van der Waals surface area contributed by atoms with E-state index in [-0.39, 0.29) is 12.2 Å². The van der Waals surface area contributed by atoms with E-state index < -0.39 is 5.97 Å². The lowest BCUT2D eigenvalue weighted by Crippen LogP contribution is -2.23. The highest BCUT2D eigenvalue weighted by atomic mass is 19.1. The molecule has 4 nitrogen and oxygen atoms in total. The van der Waals surface area contributed by atoms with Crippen molar-refractivity contribution in [1.29, 1.82) is 0 Å². The second-order valence-corrected chi connectivity index (χ2v) is 4.88. The van der Waals surface area contributed by atoms with Crippen molar-refractivity contribution < 1.29 is 19.0 Å². The van der Waals surface area contributed by atoms with Crippen LogP contribution in [0.4, 0.5) is 4.39 Å². The van der Waals surface area contributed by atoms with Crippen molar-refractivity contribution in [3.05, 3.63) is 30.1 Å². The van der Waals surface area contributed by atoms with Crippen LogP contribution < -0.4 is 10.1 Å². The maximum absolute atomic E-state index is 12.7. The number of halogens is 1. The highest BCUT2D eigenvalue weighted by Gasteiger charge is 2.04. The minimum Gasteiger partial charge on any atom is -0.492 e. The molecule has 1 unspecified atom stereocenters. The van der Waals surface area contributed by atoms with Crippen LogP contribution in [-0.2, 0) is 4.79 Å². The van der Waals surface area contributed by atoms with Crippen molar-refractivity contribution >= 4 is 5.97 Å². The first-order valence-corrected chi connectivity index (χ1v) is 6.89. The summed E-state index contributed by atoms with van der Waals surface area (Å²) in [6.07, 6.45) is 1.89. The van der Waals surface area contributed by atoms with Crippen LogP contribution >= 0.6 is 0 Å². The molecule has 20 heavy (non-hydrogen) atoms. The fourth-order valence-electron chi connectivity index (χ4n) is 1.76. The zero-order valence-electron chi connectivity index (χ0n) is 11.8. The van der Waals surface area contributed by atoms with Crippen LogP contribution in [0.1, 0.15) is 26.2 Å². The summed E-state index contributed by atoms with van der Waals surface area (Å²) < 4.78 is 18.1. The van der Waals surface area contributed by atoms with E-state index in [9.17, 15) is 9.18 Å². The highest BCUT2D eigenvalue weighted by Crippen LogP contribution is 2.11. The first-order valence-electron chi connectivity index (χ1n) is 6.89. The summed E-state index contributed by atoms with van der Waals surface area (Å²) in [5.41, 5.74) is 0. The average molecular weight is 283 g/mol. The van der Waals surface area contributed by atoms with Gasteiger partial charge in [-0.05, 0) is 49.6 Å². The molecule has 1 rings (SSSR count). The van der Waals surface area contributed by atoms with Gasteiger partial charge in [-0.15, -0.1) is 0 Å². The monoisotopic (exact) mass is 283 g/mol. The predicted octanol–water partition coefficient (Wildman–Crippen LogP) is 2.69. The molecule has 0 radical (unpaired) electrons. The molecule has 1 aromatic rings. The van der Waals surface area contributed by atoms with Crippen molar-refractivity contribution in [2.24, 2.45) is 5.92 Å². The van der Waals surface area contributed by atoms with Crippen LogP contribution in [0.5, 0.6) is 5.75 Å². The summed E-state index contributed by atoms with van der Waals surface area (Å²) in [5, 5.41) is 11.8. The van der Waals surface area contributed by atoms with Gasteiger partial charge >= 0.3 is 5.97 Å². The van der Waals surface area contributed by atoms with Gasteiger partial charge in [-0.2, -0.15) is 0 Å². The Morgan fingerprint density at radius 2 is 2.00 bits per heavy atom. The molecule has 0 saturated carbocycles. The average Bonchev–Trinajstić information content (AvgIpc) is 2.42. The van der Waals surface area contributed by atoms with Crippen LogP contribution in [0.25, 0.3) is 0 Å². The molecule has 0 aliphatic carbocycles. The number of hydrogen-bond donors (Lipinski definition) is 2. The third-order valence-corrected chi connectivity index (χ3v) is 3.03. The van der Waals surface area contributed by atoms with Crippen molar-refractivity contribution in [1.82, 2.24) is 5.32 Å². The first kappa shape index (κ1) is 16.4. The molecule has 0 bridgehead atoms. The minimum atomic E-state index is -0.738. The summed E-state index contributed by atoms with van der Waals surface area (Å²) in [6, 6.07) is 5.94. The third kappa shape index (κ3) is 7.74. The summed E-state index contributed by atoms with van der Waals surface area (Å²) in [5.74, 6) is 0.0444. The number of ether oxygens (including phenoxy) is 1. The second-order valence-electron chi connectivity index (χ2n) is 4.88. The van der Waals surface area contributed by atoms with Crippen molar-refractivity contribution in [3.8, 4) is 5.75 Å². The molecule has 5 heteroatoms. The Labute approximate surface area is 119 Å². The van der Waals surface area contributed by atoms with E-state index >= 15 is 0 Å². The normalized spacial score (nSPS) is 12.1. The number of nitrogens with one attached hydrogen (secondary N) is 1. The van der Waals surface area contributed by atoms with E-state index in [1.807, 2.05) is 0 Å². The van der Waals surface area contributed by atoms with Crippen LogP contribution in [0.15, 0.2) is 24.3 Å². The Hall–Kier alpha value is -1.62. The Kier molecular flexibility index (Phi) is 7.65.